The summed E-state index contributed by atoms with van der Waals surface area (Å²) in [6, 6.07) is 0.315. The zero-order valence-electron chi connectivity index (χ0n) is 10.1. The molecule has 1 aliphatic heterocycles. The minimum Gasteiger partial charge on any atom is -0.378 e. The first-order chi connectivity index (χ1) is 7.10. The summed E-state index contributed by atoms with van der Waals surface area (Å²) in [7, 11) is 0. The third kappa shape index (κ3) is 3.14. The van der Waals surface area contributed by atoms with Gasteiger partial charge >= 0.3 is 0 Å². The summed E-state index contributed by atoms with van der Waals surface area (Å²) in [6.07, 6.45) is 0.873. The Morgan fingerprint density at radius 1 is 1.13 bits per heavy atom. The first-order valence-electron chi connectivity index (χ1n) is 5.96. The molecule has 3 atom stereocenters. The third-order valence-electron chi connectivity index (χ3n) is 3.24. The van der Waals surface area contributed by atoms with Gasteiger partial charge in [-0.2, -0.15) is 0 Å². The van der Waals surface area contributed by atoms with E-state index in [4.69, 9.17) is 0 Å². The fraction of sp³-hybridized carbons (Fsp3) is 1.00. The maximum atomic E-state index is 9.78. The number of rotatable bonds is 4. The second-order valence-electron chi connectivity index (χ2n) is 4.36. The summed E-state index contributed by atoms with van der Waals surface area (Å²) >= 11 is 0. The van der Waals surface area contributed by atoms with E-state index in [2.05, 4.69) is 16.7 Å². The molecule has 1 aliphatic rings. The Labute approximate surface area is 92.5 Å². The number of piperazine rings is 1. The summed E-state index contributed by atoms with van der Waals surface area (Å²) in [5.41, 5.74) is 0. The Balaban J connectivity index is 2.47. The molecule has 1 saturated heterocycles. The average Bonchev–Trinajstić information content (AvgIpc) is 2.26. The Morgan fingerprint density at radius 2 is 1.73 bits per heavy atom. The van der Waals surface area contributed by atoms with Crippen molar-refractivity contribution < 1.29 is 10.2 Å². The van der Waals surface area contributed by atoms with Crippen molar-refractivity contribution in [2.45, 2.75) is 52.1 Å². The maximum absolute atomic E-state index is 9.78. The fourth-order valence-corrected chi connectivity index (χ4v) is 2.21. The van der Waals surface area contributed by atoms with Gasteiger partial charge in [0, 0.05) is 25.7 Å². The smallest absolute Gasteiger partial charge is 0.107 e. The van der Waals surface area contributed by atoms with Crippen LogP contribution in [0.4, 0.5) is 0 Å². The van der Waals surface area contributed by atoms with Crippen molar-refractivity contribution in [3.63, 3.8) is 0 Å². The van der Waals surface area contributed by atoms with E-state index in [-0.39, 0.29) is 12.5 Å². The van der Waals surface area contributed by atoms with Crippen LogP contribution in [0.5, 0.6) is 0 Å². The standard InChI is InChI=1S/C11H24N2O2/c1-4-10(14)12-6-7-13(9(3)8-12)11(15)5-2/h9-11,14-15H,4-8H2,1-3H3. The molecule has 4 heteroatoms. The van der Waals surface area contributed by atoms with Gasteiger partial charge in [0.1, 0.15) is 12.5 Å². The van der Waals surface area contributed by atoms with Crippen LogP contribution in [-0.4, -0.2) is 58.1 Å². The van der Waals surface area contributed by atoms with Gasteiger partial charge in [0.15, 0.2) is 0 Å². The van der Waals surface area contributed by atoms with Crippen LogP contribution in [0, 0.1) is 0 Å². The second-order valence-corrected chi connectivity index (χ2v) is 4.36. The van der Waals surface area contributed by atoms with Crippen molar-refractivity contribution in [1.82, 2.24) is 9.80 Å². The zero-order valence-corrected chi connectivity index (χ0v) is 10.1. The highest BCUT2D eigenvalue weighted by Crippen LogP contribution is 2.15. The van der Waals surface area contributed by atoms with E-state index in [0.29, 0.717) is 6.04 Å². The predicted octanol–water partition coefficient (Wildman–Crippen LogP) is 0.449. The average molecular weight is 216 g/mol. The molecule has 0 aromatic heterocycles. The lowest BCUT2D eigenvalue weighted by atomic mass is 10.1. The Hall–Kier alpha value is -0.160. The number of aliphatic hydroxyl groups excluding tert-OH is 2. The van der Waals surface area contributed by atoms with Crippen LogP contribution < -0.4 is 0 Å². The van der Waals surface area contributed by atoms with Gasteiger partial charge in [0.25, 0.3) is 0 Å². The molecule has 1 heterocycles. The van der Waals surface area contributed by atoms with Crippen LogP contribution in [0.2, 0.25) is 0 Å². The molecule has 15 heavy (non-hydrogen) atoms. The van der Waals surface area contributed by atoms with Crippen LogP contribution in [0.3, 0.4) is 0 Å². The van der Waals surface area contributed by atoms with E-state index < -0.39 is 0 Å². The van der Waals surface area contributed by atoms with Gasteiger partial charge in [0.2, 0.25) is 0 Å². The van der Waals surface area contributed by atoms with Crippen molar-refractivity contribution in [3.05, 3.63) is 0 Å². The molecule has 0 aromatic carbocycles. The van der Waals surface area contributed by atoms with Crippen LogP contribution in [0.1, 0.15) is 33.6 Å². The normalized spacial score (nSPS) is 29.0. The van der Waals surface area contributed by atoms with Crippen LogP contribution in [0.15, 0.2) is 0 Å². The minimum atomic E-state index is -0.332. The monoisotopic (exact) mass is 216 g/mol. The molecule has 0 saturated carbocycles. The zero-order chi connectivity index (χ0) is 11.4. The Kier molecular flexibility index (Phi) is 4.99. The van der Waals surface area contributed by atoms with E-state index >= 15 is 0 Å². The Bertz CT molecular complexity index is 189. The summed E-state index contributed by atoms with van der Waals surface area (Å²) in [5, 5.41) is 19.5. The van der Waals surface area contributed by atoms with E-state index in [1.54, 1.807) is 0 Å². The van der Waals surface area contributed by atoms with Crippen molar-refractivity contribution in [2.24, 2.45) is 0 Å². The molecule has 0 radical (unpaired) electrons. The van der Waals surface area contributed by atoms with Crippen molar-refractivity contribution in [2.75, 3.05) is 19.6 Å². The lowest BCUT2D eigenvalue weighted by Crippen LogP contribution is -2.57. The molecule has 1 rings (SSSR count). The third-order valence-corrected chi connectivity index (χ3v) is 3.24. The van der Waals surface area contributed by atoms with Gasteiger partial charge in [-0.1, -0.05) is 13.8 Å². The van der Waals surface area contributed by atoms with Gasteiger partial charge < -0.3 is 10.2 Å². The summed E-state index contributed by atoms with van der Waals surface area (Å²) in [6.45, 7) is 8.61. The molecule has 0 aromatic rings. The van der Waals surface area contributed by atoms with Gasteiger partial charge in [-0.05, 0) is 19.8 Å². The molecule has 90 valence electrons. The largest absolute Gasteiger partial charge is 0.378 e. The Morgan fingerprint density at radius 3 is 2.20 bits per heavy atom. The van der Waals surface area contributed by atoms with Crippen LogP contribution in [0.25, 0.3) is 0 Å². The van der Waals surface area contributed by atoms with Crippen molar-refractivity contribution in [3.8, 4) is 0 Å². The molecule has 0 spiro atoms. The van der Waals surface area contributed by atoms with Gasteiger partial charge in [-0.15, -0.1) is 0 Å². The second kappa shape index (κ2) is 5.80. The molecular weight excluding hydrogens is 192 g/mol. The number of aliphatic hydroxyl groups is 2. The first kappa shape index (κ1) is 12.9. The number of nitrogens with zero attached hydrogens (tertiary/aromatic N) is 2. The molecule has 0 amide bonds. The van der Waals surface area contributed by atoms with Gasteiger partial charge in [-0.3, -0.25) is 9.80 Å². The van der Waals surface area contributed by atoms with Gasteiger partial charge in [-0.25, -0.2) is 0 Å². The summed E-state index contributed by atoms with van der Waals surface area (Å²) < 4.78 is 0. The SMILES string of the molecule is CCC(O)N1CCN(C(O)CC)C(C)C1. The quantitative estimate of drug-likeness (QED) is 0.716. The van der Waals surface area contributed by atoms with Crippen LogP contribution >= 0.6 is 0 Å². The van der Waals surface area contributed by atoms with E-state index in [1.807, 2.05) is 13.8 Å². The highest BCUT2D eigenvalue weighted by Gasteiger charge is 2.29. The molecular formula is C11H24N2O2. The van der Waals surface area contributed by atoms with E-state index in [0.717, 1.165) is 32.5 Å². The van der Waals surface area contributed by atoms with Crippen LogP contribution in [-0.2, 0) is 0 Å². The molecule has 3 unspecified atom stereocenters. The van der Waals surface area contributed by atoms with Crippen molar-refractivity contribution >= 4 is 0 Å². The van der Waals surface area contributed by atoms with Gasteiger partial charge in [0.05, 0.1) is 0 Å². The topological polar surface area (TPSA) is 46.9 Å². The highest BCUT2D eigenvalue weighted by molar-refractivity contribution is 4.81. The first-order valence-corrected chi connectivity index (χ1v) is 5.96. The molecule has 1 fully saturated rings. The maximum Gasteiger partial charge on any atom is 0.107 e. The summed E-state index contributed by atoms with van der Waals surface area (Å²) in [4.78, 5) is 4.20. The molecule has 2 N–H and O–H groups in total. The number of hydrogen-bond donors (Lipinski definition) is 2. The highest BCUT2D eigenvalue weighted by atomic mass is 16.3. The number of hydrogen-bond acceptors (Lipinski definition) is 4. The summed E-state index contributed by atoms with van der Waals surface area (Å²) in [5.74, 6) is 0. The van der Waals surface area contributed by atoms with Crippen molar-refractivity contribution in [1.29, 1.82) is 0 Å². The molecule has 0 aliphatic carbocycles. The fourth-order valence-electron chi connectivity index (χ4n) is 2.21. The minimum absolute atomic E-state index is 0.315. The van der Waals surface area contributed by atoms with E-state index in [1.165, 1.54) is 0 Å². The predicted molar refractivity (Wildman–Crippen MR) is 60.3 cm³/mol. The molecule has 0 bridgehead atoms. The lowest BCUT2D eigenvalue weighted by Gasteiger charge is -2.43. The lowest BCUT2D eigenvalue weighted by molar-refractivity contribution is -0.0936. The van der Waals surface area contributed by atoms with E-state index in [9.17, 15) is 10.2 Å². The molecule has 4 nitrogen and oxygen atoms in total.